The van der Waals surface area contributed by atoms with E-state index in [1.165, 1.54) is 225 Å². The molecule has 0 aromatic heterocycles. The van der Waals surface area contributed by atoms with Gasteiger partial charge < -0.3 is 14.2 Å². The van der Waals surface area contributed by atoms with Crippen LogP contribution in [0.1, 0.15) is 374 Å². The van der Waals surface area contributed by atoms with Gasteiger partial charge in [0.2, 0.25) is 0 Å². The molecule has 1 atom stereocenters. The Balaban J connectivity index is 4.10. The monoisotopic (exact) mass is 1150 g/mol. The first-order valence-corrected chi connectivity index (χ1v) is 35.9. The summed E-state index contributed by atoms with van der Waals surface area (Å²) < 4.78 is 16.9. The van der Waals surface area contributed by atoms with E-state index in [0.717, 1.165) is 109 Å². The van der Waals surface area contributed by atoms with Gasteiger partial charge in [0.25, 0.3) is 0 Å². The average molecular weight is 1150 g/mol. The van der Waals surface area contributed by atoms with Gasteiger partial charge in [0.1, 0.15) is 13.2 Å². The topological polar surface area (TPSA) is 78.9 Å². The molecule has 0 aliphatic carbocycles. The molecule has 82 heavy (non-hydrogen) atoms. The highest BCUT2D eigenvalue weighted by atomic mass is 16.6. The smallest absolute Gasteiger partial charge is 0.306 e. The zero-order valence-corrected chi connectivity index (χ0v) is 54.8. The molecule has 0 saturated carbocycles. The molecule has 476 valence electrons. The summed E-state index contributed by atoms with van der Waals surface area (Å²) in [5.74, 6) is -0.915. The summed E-state index contributed by atoms with van der Waals surface area (Å²) in [5.41, 5.74) is 0. The largest absolute Gasteiger partial charge is 0.462 e. The van der Waals surface area contributed by atoms with Crippen molar-refractivity contribution in [1.29, 1.82) is 0 Å². The molecule has 0 aliphatic heterocycles. The van der Waals surface area contributed by atoms with Crippen molar-refractivity contribution in [2.45, 2.75) is 380 Å². The lowest BCUT2D eigenvalue weighted by atomic mass is 10.0. The summed E-state index contributed by atoms with van der Waals surface area (Å²) >= 11 is 0. The van der Waals surface area contributed by atoms with Crippen LogP contribution >= 0.6 is 0 Å². The number of ether oxygens (including phenoxy) is 3. The van der Waals surface area contributed by atoms with Crippen molar-refractivity contribution >= 4 is 17.9 Å². The Labute approximate surface area is 510 Å². The predicted octanol–water partition coefficient (Wildman–Crippen LogP) is 24.8. The van der Waals surface area contributed by atoms with E-state index in [-0.39, 0.29) is 31.1 Å². The zero-order valence-electron chi connectivity index (χ0n) is 54.8. The van der Waals surface area contributed by atoms with Crippen LogP contribution < -0.4 is 0 Å². The van der Waals surface area contributed by atoms with Crippen LogP contribution in [0, 0.1) is 0 Å². The van der Waals surface area contributed by atoms with Gasteiger partial charge in [-0.2, -0.15) is 0 Å². The highest BCUT2D eigenvalue weighted by Crippen LogP contribution is 2.18. The average Bonchev–Trinajstić information content (AvgIpc) is 3.47. The van der Waals surface area contributed by atoms with Crippen molar-refractivity contribution in [3.8, 4) is 0 Å². The highest BCUT2D eigenvalue weighted by molar-refractivity contribution is 5.71. The first kappa shape index (κ1) is 78.8. The Morgan fingerprint density at radius 3 is 0.780 bits per heavy atom. The summed E-state index contributed by atoms with van der Waals surface area (Å²) in [7, 11) is 0. The van der Waals surface area contributed by atoms with Gasteiger partial charge in [-0.25, -0.2) is 0 Å². The molecule has 0 bridgehead atoms. The minimum Gasteiger partial charge on any atom is -0.462 e. The van der Waals surface area contributed by atoms with Crippen LogP contribution in [0.15, 0.2) is 72.9 Å². The van der Waals surface area contributed by atoms with Crippen molar-refractivity contribution in [2.24, 2.45) is 0 Å². The van der Waals surface area contributed by atoms with E-state index in [1.807, 2.05) is 0 Å². The van der Waals surface area contributed by atoms with Crippen molar-refractivity contribution in [1.82, 2.24) is 0 Å². The fourth-order valence-electron chi connectivity index (χ4n) is 10.5. The number of carbonyl (C=O) groups is 3. The Kier molecular flexibility index (Phi) is 67.6. The van der Waals surface area contributed by atoms with Gasteiger partial charge in [0.15, 0.2) is 6.10 Å². The molecule has 6 heteroatoms. The Bertz CT molecular complexity index is 1500. The van der Waals surface area contributed by atoms with Crippen molar-refractivity contribution < 1.29 is 28.6 Å². The molecule has 0 saturated heterocycles. The third-order valence-corrected chi connectivity index (χ3v) is 15.9. The molecule has 0 radical (unpaired) electrons. The summed E-state index contributed by atoms with van der Waals surface area (Å²) in [5, 5.41) is 0. The Morgan fingerprint density at radius 2 is 0.476 bits per heavy atom. The van der Waals surface area contributed by atoms with Gasteiger partial charge in [-0.3, -0.25) is 14.4 Å². The maximum Gasteiger partial charge on any atom is 0.306 e. The fraction of sp³-hybridized carbons (Fsp3) is 0.803. The molecule has 0 rings (SSSR count). The number of unbranched alkanes of at least 4 members (excludes halogenated alkanes) is 43. The maximum atomic E-state index is 12.9. The number of hydrogen-bond acceptors (Lipinski definition) is 6. The molecular weight excluding hydrogens is 1010 g/mol. The second-order valence-corrected chi connectivity index (χ2v) is 24.1. The van der Waals surface area contributed by atoms with Gasteiger partial charge >= 0.3 is 17.9 Å². The fourth-order valence-corrected chi connectivity index (χ4v) is 10.5. The van der Waals surface area contributed by atoms with Gasteiger partial charge in [0, 0.05) is 19.3 Å². The first-order valence-electron chi connectivity index (χ1n) is 35.9. The van der Waals surface area contributed by atoms with Gasteiger partial charge in [-0.15, -0.1) is 0 Å². The third-order valence-electron chi connectivity index (χ3n) is 15.9. The van der Waals surface area contributed by atoms with Crippen LogP contribution in [0.3, 0.4) is 0 Å². The number of allylic oxidation sites excluding steroid dienone is 12. The summed E-state index contributed by atoms with van der Waals surface area (Å²) in [6.45, 7) is 6.51. The maximum absolute atomic E-state index is 12.9. The lowest BCUT2D eigenvalue weighted by Crippen LogP contribution is -2.30. The van der Waals surface area contributed by atoms with E-state index < -0.39 is 6.10 Å². The second-order valence-electron chi connectivity index (χ2n) is 24.1. The van der Waals surface area contributed by atoms with Gasteiger partial charge in [0.05, 0.1) is 0 Å². The van der Waals surface area contributed by atoms with Crippen molar-refractivity contribution in [3.05, 3.63) is 72.9 Å². The molecule has 0 aliphatic rings. The zero-order chi connectivity index (χ0) is 59.2. The quantitative estimate of drug-likeness (QED) is 0.0261. The molecule has 0 fully saturated rings. The number of esters is 3. The lowest BCUT2D eigenvalue weighted by molar-refractivity contribution is -0.167. The summed E-state index contributed by atoms with van der Waals surface area (Å²) in [4.78, 5) is 38.3. The molecular formula is C76H136O6. The van der Waals surface area contributed by atoms with Gasteiger partial charge in [-0.05, 0) is 109 Å². The highest BCUT2D eigenvalue weighted by Gasteiger charge is 2.19. The standard InChI is InChI=1S/C76H136O6/c1-4-7-10-13-16-19-22-25-27-29-30-31-32-33-34-35-36-37-38-39-40-41-42-43-44-45-46-47-49-51-54-57-60-63-66-69-75(78)81-72-73(71-80-74(77)68-65-62-59-56-53-50-24-21-18-15-12-9-6-3)82-76(79)70-67-64-61-58-55-52-48-28-26-23-20-17-14-11-8-5-2/h9,12,18,20-21,23,28-30,48,50,53,73H,4-8,10-11,13-17,19,22,24-27,31-47,49,51-52,54-72H2,1-3H3/b12-9-,21-18-,23-20-,30-29-,48-28-,53-50-. The van der Waals surface area contributed by atoms with Crippen LogP contribution in [0.25, 0.3) is 0 Å². The molecule has 0 heterocycles. The minimum absolute atomic E-state index is 0.0877. The molecule has 0 spiro atoms. The second kappa shape index (κ2) is 70.3. The predicted molar refractivity (Wildman–Crippen MR) is 358 cm³/mol. The van der Waals surface area contributed by atoms with Gasteiger partial charge in [-0.1, -0.05) is 318 Å². The molecule has 0 aromatic rings. The van der Waals surface area contributed by atoms with E-state index in [4.69, 9.17) is 14.2 Å². The van der Waals surface area contributed by atoms with Crippen molar-refractivity contribution in [2.75, 3.05) is 13.2 Å². The van der Waals surface area contributed by atoms with E-state index in [2.05, 4.69) is 93.7 Å². The van der Waals surface area contributed by atoms with Crippen LogP contribution in [0.2, 0.25) is 0 Å². The number of rotatable bonds is 66. The molecule has 1 unspecified atom stereocenters. The third kappa shape index (κ3) is 67.6. The first-order chi connectivity index (χ1) is 40.5. The molecule has 0 N–H and O–H groups in total. The SMILES string of the molecule is CC/C=C\C/C=C\C/C=C\CCCCCC(=O)OCC(COC(=O)CCCCCCCCCCCCCCCCCCCCCCCCC/C=C\CCCCCCCCCC)OC(=O)CCCCCCC/C=C\C/C=C\CCCCCC. The van der Waals surface area contributed by atoms with Crippen molar-refractivity contribution in [3.63, 3.8) is 0 Å². The van der Waals surface area contributed by atoms with Crippen LogP contribution in [-0.4, -0.2) is 37.2 Å². The summed E-state index contributed by atoms with van der Waals surface area (Å²) in [6, 6.07) is 0. The Hall–Kier alpha value is -3.15. The normalized spacial score (nSPS) is 12.5. The minimum atomic E-state index is -0.795. The van der Waals surface area contributed by atoms with E-state index >= 15 is 0 Å². The summed E-state index contributed by atoms with van der Waals surface area (Å²) in [6.07, 6.45) is 92.5. The number of carbonyl (C=O) groups excluding carboxylic acids is 3. The molecule has 6 nitrogen and oxygen atoms in total. The van der Waals surface area contributed by atoms with Crippen LogP contribution in [0.5, 0.6) is 0 Å². The molecule has 0 amide bonds. The van der Waals surface area contributed by atoms with E-state index in [0.29, 0.717) is 19.3 Å². The van der Waals surface area contributed by atoms with E-state index in [1.54, 1.807) is 0 Å². The van der Waals surface area contributed by atoms with E-state index in [9.17, 15) is 14.4 Å². The van der Waals surface area contributed by atoms with Crippen LogP contribution in [0.4, 0.5) is 0 Å². The Morgan fingerprint density at radius 1 is 0.256 bits per heavy atom. The lowest BCUT2D eigenvalue weighted by Gasteiger charge is -2.18. The molecule has 0 aromatic carbocycles. The van der Waals surface area contributed by atoms with Crippen LogP contribution in [-0.2, 0) is 28.6 Å². The number of hydrogen-bond donors (Lipinski definition) is 0.